The Labute approximate surface area is 375 Å². The number of fused-ring (bicyclic) bond motifs is 7. The normalized spacial score (nSPS) is 52.2. The number of carbonyl (C=O) groups is 2. The van der Waals surface area contributed by atoms with Gasteiger partial charge in [0.15, 0.2) is 18.7 Å². The van der Waals surface area contributed by atoms with Gasteiger partial charge < -0.3 is 74.7 Å². The number of esters is 1. The molecule has 4 saturated carbocycles. The molecule has 0 spiro atoms. The predicted octanol–water partition coefficient (Wildman–Crippen LogP) is 1.31. The average Bonchev–Trinajstić information content (AvgIpc) is 3.23. The molecule has 2 saturated heterocycles. The molecule has 17 heteroatoms. The van der Waals surface area contributed by atoms with Crippen molar-refractivity contribution in [3.63, 3.8) is 0 Å². The molecule has 2 aliphatic heterocycles. The van der Waals surface area contributed by atoms with Crippen LogP contribution in [0, 0.1) is 50.2 Å². The third kappa shape index (κ3) is 7.03. The van der Waals surface area contributed by atoms with Crippen LogP contribution in [0.25, 0.3) is 0 Å². The maximum Gasteiger partial charge on any atom is 0.335 e. The lowest BCUT2D eigenvalue weighted by Crippen LogP contribution is -2.76. The Hall–Kier alpha value is -2.10. The van der Waals surface area contributed by atoms with Crippen molar-refractivity contribution >= 4 is 11.9 Å². The van der Waals surface area contributed by atoms with Crippen molar-refractivity contribution in [3.05, 3.63) is 23.3 Å². The number of rotatable bonds is 8. The van der Waals surface area contributed by atoms with Crippen LogP contribution in [0.5, 0.6) is 0 Å². The van der Waals surface area contributed by atoms with Gasteiger partial charge in [0.1, 0.15) is 42.7 Å². The second kappa shape index (κ2) is 16.8. The lowest BCUT2D eigenvalue weighted by Gasteiger charge is -2.73. The topological polar surface area (TPSA) is 283 Å². The number of carbonyl (C=O) groups excluding carboxylic acids is 1. The van der Waals surface area contributed by atoms with Crippen LogP contribution in [0.1, 0.15) is 108 Å². The minimum absolute atomic E-state index is 0.0188. The molecule has 0 aromatic heterocycles. The highest BCUT2D eigenvalue weighted by atomic mass is 16.8. The van der Waals surface area contributed by atoms with Crippen molar-refractivity contribution in [1.82, 2.24) is 0 Å². The predicted molar refractivity (Wildman–Crippen MR) is 225 cm³/mol. The van der Waals surface area contributed by atoms with E-state index in [1.807, 2.05) is 20.8 Å². The Morgan fingerprint density at radius 3 is 2.06 bits per heavy atom. The summed E-state index contributed by atoms with van der Waals surface area (Å²) in [6.45, 7) is 18.5. The third-order valence-electron chi connectivity index (χ3n) is 18.6. The van der Waals surface area contributed by atoms with E-state index in [1.54, 1.807) is 19.9 Å². The standard InChI is InChI=1S/C47H74O17/c1-11-20(2)39(59)64-37-36(56)42(4,5)18-23-22-12-13-25-44(8)16-15-26(43(6,7)24(44)14-17-45(25,9)46(22,10)34(54)35(55)47(23,37)19-48)61-41-33(30(52)29(51)32(62-41)38(57)58)63-40-31(53)28(50)27(49)21(3)60-40/h11-12,21,23-37,40-41,48-56H,13-19H2,1-10H3,(H,57,58)/b20-11-/t21-,23-,24-,25+,26-,27-,28+,29-,30-,31+,32-,33+,34-,35+,36-,37-,40-,41+,44-,45+,46-,47-/m0/s1. The highest BCUT2D eigenvalue weighted by Gasteiger charge is 2.76. The van der Waals surface area contributed by atoms with Crippen LogP contribution in [0.2, 0.25) is 0 Å². The number of ether oxygens (including phenoxy) is 5. The fraction of sp³-hybridized carbons (Fsp3) is 0.872. The molecule has 364 valence electrons. The van der Waals surface area contributed by atoms with E-state index in [-0.39, 0.29) is 17.3 Å². The molecular formula is C47H74O17. The first kappa shape index (κ1) is 49.8. The second-order valence-electron chi connectivity index (χ2n) is 22.3. The van der Waals surface area contributed by atoms with Gasteiger partial charge in [0.2, 0.25) is 0 Å². The molecule has 6 fully saturated rings. The smallest absolute Gasteiger partial charge is 0.335 e. The first-order valence-electron chi connectivity index (χ1n) is 23.1. The molecule has 7 rings (SSSR count). The quantitative estimate of drug-likeness (QED) is 0.0711. The Morgan fingerprint density at radius 2 is 1.45 bits per heavy atom. The number of aliphatic hydroxyl groups excluding tert-OH is 9. The number of aliphatic hydroxyl groups is 9. The van der Waals surface area contributed by atoms with Gasteiger partial charge in [-0.2, -0.15) is 0 Å². The maximum atomic E-state index is 13.3. The zero-order valence-corrected chi connectivity index (χ0v) is 38.8. The highest BCUT2D eigenvalue weighted by molar-refractivity contribution is 5.87. The van der Waals surface area contributed by atoms with Crippen molar-refractivity contribution in [3.8, 4) is 0 Å². The minimum atomic E-state index is -1.95. The average molecular weight is 911 g/mol. The van der Waals surface area contributed by atoms with E-state index < -0.39 is 143 Å². The van der Waals surface area contributed by atoms with Crippen molar-refractivity contribution < 1.29 is 84.3 Å². The summed E-state index contributed by atoms with van der Waals surface area (Å²) >= 11 is 0. The van der Waals surface area contributed by atoms with Crippen LogP contribution >= 0.6 is 0 Å². The van der Waals surface area contributed by atoms with Crippen molar-refractivity contribution in [2.24, 2.45) is 50.2 Å². The summed E-state index contributed by atoms with van der Waals surface area (Å²) < 4.78 is 30.2. The summed E-state index contributed by atoms with van der Waals surface area (Å²) in [6, 6.07) is 0. The molecule has 0 unspecified atom stereocenters. The molecule has 22 atom stereocenters. The van der Waals surface area contributed by atoms with Crippen molar-refractivity contribution in [1.29, 1.82) is 0 Å². The number of carboxylic acid groups (broad SMARTS) is 1. The van der Waals surface area contributed by atoms with Crippen LogP contribution in [-0.4, -0.2) is 162 Å². The van der Waals surface area contributed by atoms with Gasteiger partial charge in [-0.05, 0) is 98.7 Å². The van der Waals surface area contributed by atoms with Gasteiger partial charge in [0.05, 0.1) is 42.5 Å². The summed E-state index contributed by atoms with van der Waals surface area (Å²) in [7, 11) is 0. The van der Waals surface area contributed by atoms with Crippen LogP contribution in [0.4, 0.5) is 0 Å². The number of aliphatic carboxylic acids is 1. The van der Waals surface area contributed by atoms with Gasteiger partial charge in [-0.1, -0.05) is 66.2 Å². The lowest BCUT2D eigenvalue weighted by atomic mass is 9.32. The second-order valence-corrected chi connectivity index (χ2v) is 22.3. The number of hydrogen-bond acceptors (Lipinski definition) is 16. The van der Waals surface area contributed by atoms with Gasteiger partial charge in [0.25, 0.3) is 0 Å². The molecule has 0 amide bonds. The zero-order valence-electron chi connectivity index (χ0n) is 38.8. The van der Waals surface area contributed by atoms with E-state index in [0.717, 1.165) is 5.57 Å². The first-order valence-corrected chi connectivity index (χ1v) is 23.1. The molecule has 0 aromatic carbocycles. The van der Waals surface area contributed by atoms with Gasteiger partial charge in [-0.3, -0.25) is 0 Å². The van der Waals surface area contributed by atoms with E-state index in [9.17, 15) is 60.7 Å². The Morgan fingerprint density at radius 1 is 0.797 bits per heavy atom. The molecule has 2 heterocycles. The lowest BCUT2D eigenvalue weighted by molar-refractivity contribution is -0.372. The Bertz CT molecular complexity index is 1850. The van der Waals surface area contributed by atoms with E-state index in [4.69, 9.17) is 23.7 Å². The number of allylic oxidation sites excluding steroid dienone is 2. The summed E-state index contributed by atoms with van der Waals surface area (Å²) in [5.41, 5.74) is -3.83. The summed E-state index contributed by atoms with van der Waals surface area (Å²) in [5, 5.41) is 112. The molecule has 64 heavy (non-hydrogen) atoms. The van der Waals surface area contributed by atoms with Gasteiger partial charge >= 0.3 is 11.9 Å². The van der Waals surface area contributed by atoms with E-state index in [0.29, 0.717) is 44.1 Å². The molecule has 0 radical (unpaired) electrons. The molecule has 17 nitrogen and oxygen atoms in total. The van der Waals surface area contributed by atoms with E-state index in [1.165, 1.54) is 6.92 Å². The molecule has 7 aliphatic rings. The maximum absolute atomic E-state index is 13.3. The molecule has 10 N–H and O–H groups in total. The van der Waals surface area contributed by atoms with Gasteiger partial charge in [0, 0.05) is 11.0 Å². The van der Waals surface area contributed by atoms with Crippen molar-refractivity contribution in [2.75, 3.05) is 6.61 Å². The van der Waals surface area contributed by atoms with Gasteiger partial charge in [-0.25, -0.2) is 9.59 Å². The van der Waals surface area contributed by atoms with Crippen LogP contribution < -0.4 is 0 Å². The molecule has 5 aliphatic carbocycles. The zero-order chi connectivity index (χ0) is 47.6. The SMILES string of the molecule is C/C=C(/C)C(=O)O[C@H]1[C@H](O)C(C)(C)C[C@H]2C3=CC[C@@H]4[C@@]5(C)CC[C@H](O[C@@H]6O[C@H](C(=O)O)[C@@H](O)[C@H](O)[C@H]6O[C@@H]6O[C@@H](C)[C@H](O)[C@@H](O)[C@H]6O)C(C)(C)[C@@H]5CC[C@@]4(C)[C@]3(C)[C@@H](O)[C@@H](O)[C@]21CO. The third-order valence-corrected chi connectivity index (χ3v) is 18.6. The van der Waals surface area contributed by atoms with Crippen LogP contribution in [0.15, 0.2) is 23.3 Å². The highest BCUT2D eigenvalue weighted by Crippen LogP contribution is 2.76. The summed E-state index contributed by atoms with van der Waals surface area (Å²) in [5.74, 6) is -2.83. The minimum Gasteiger partial charge on any atom is -0.479 e. The Kier molecular flexibility index (Phi) is 13.1. The summed E-state index contributed by atoms with van der Waals surface area (Å²) in [6.07, 6.45) is -15.5. The fourth-order valence-electron chi connectivity index (χ4n) is 14.4. The molecule has 0 aromatic rings. The number of carboxylic acids is 1. The monoisotopic (exact) mass is 910 g/mol. The molecular weight excluding hydrogens is 836 g/mol. The van der Waals surface area contributed by atoms with E-state index >= 15 is 0 Å². The first-order chi connectivity index (χ1) is 29.6. The van der Waals surface area contributed by atoms with Crippen LogP contribution in [-0.2, 0) is 33.3 Å². The molecule has 0 bridgehead atoms. The van der Waals surface area contributed by atoms with Crippen LogP contribution in [0.3, 0.4) is 0 Å². The van der Waals surface area contributed by atoms with E-state index in [2.05, 4.69) is 33.8 Å². The number of hydrogen-bond donors (Lipinski definition) is 10. The largest absolute Gasteiger partial charge is 0.479 e. The fourth-order valence-corrected chi connectivity index (χ4v) is 14.4. The summed E-state index contributed by atoms with van der Waals surface area (Å²) in [4.78, 5) is 25.6. The van der Waals surface area contributed by atoms with Crippen molar-refractivity contribution in [2.45, 2.75) is 200 Å². The van der Waals surface area contributed by atoms with Gasteiger partial charge in [-0.15, -0.1) is 0 Å². The Balaban J connectivity index is 1.20.